The molecule has 0 aliphatic heterocycles. The van der Waals surface area contributed by atoms with E-state index < -0.39 is 16.8 Å². The third-order valence-electron chi connectivity index (χ3n) is 4.22. The van der Waals surface area contributed by atoms with Gasteiger partial charge in [0.15, 0.2) is 18.1 Å². The molecule has 10 heteroatoms. The van der Waals surface area contributed by atoms with Gasteiger partial charge >= 0.3 is 5.97 Å². The van der Waals surface area contributed by atoms with E-state index in [4.69, 9.17) is 14.2 Å². The lowest BCUT2D eigenvalue weighted by Crippen LogP contribution is -2.24. The van der Waals surface area contributed by atoms with Crippen molar-refractivity contribution in [1.82, 2.24) is 5.43 Å². The second-order valence-electron chi connectivity index (χ2n) is 6.50. The molecular formula is C23H19N3O7. The first-order chi connectivity index (χ1) is 16.0. The van der Waals surface area contributed by atoms with Gasteiger partial charge in [0.25, 0.3) is 11.6 Å². The Bertz CT molecular complexity index is 1160. The third-order valence-corrected chi connectivity index (χ3v) is 4.22. The molecule has 0 fully saturated rings. The zero-order valence-electron chi connectivity index (χ0n) is 17.5. The van der Waals surface area contributed by atoms with Gasteiger partial charge in [-0.2, -0.15) is 5.10 Å². The van der Waals surface area contributed by atoms with Gasteiger partial charge in [0.05, 0.1) is 23.8 Å². The minimum Gasteiger partial charge on any atom is -0.493 e. The first-order valence-corrected chi connectivity index (χ1v) is 9.60. The van der Waals surface area contributed by atoms with Crippen molar-refractivity contribution in [3.05, 3.63) is 94.0 Å². The Morgan fingerprint density at radius 3 is 2.42 bits per heavy atom. The molecule has 1 N–H and O–H groups in total. The number of rotatable bonds is 9. The van der Waals surface area contributed by atoms with E-state index >= 15 is 0 Å². The predicted octanol–water partition coefficient (Wildman–Crippen LogP) is 3.35. The van der Waals surface area contributed by atoms with Gasteiger partial charge in [0.1, 0.15) is 5.75 Å². The second kappa shape index (κ2) is 11.0. The molecule has 0 aromatic heterocycles. The van der Waals surface area contributed by atoms with Crippen molar-refractivity contribution in [1.29, 1.82) is 0 Å². The van der Waals surface area contributed by atoms with Crippen molar-refractivity contribution in [2.75, 3.05) is 13.7 Å². The van der Waals surface area contributed by atoms with Crippen molar-refractivity contribution >= 4 is 23.8 Å². The molecule has 1 amide bonds. The number of methoxy groups -OCH3 is 1. The Hall–Kier alpha value is -4.73. The lowest BCUT2D eigenvalue weighted by molar-refractivity contribution is -0.384. The Balaban J connectivity index is 1.53. The van der Waals surface area contributed by atoms with Crippen LogP contribution in [0.1, 0.15) is 15.9 Å². The molecule has 0 heterocycles. The topological polar surface area (TPSA) is 129 Å². The minimum atomic E-state index is -0.528. The minimum absolute atomic E-state index is 0.0762. The van der Waals surface area contributed by atoms with Crippen LogP contribution < -0.4 is 19.6 Å². The molecule has 3 aromatic carbocycles. The number of non-ortho nitro benzene ring substituents is 1. The fourth-order valence-electron chi connectivity index (χ4n) is 2.61. The average molecular weight is 449 g/mol. The number of carbonyl (C=O) groups is 2. The molecule has 0 saturated carbocycles. The molecular weight excluding hydrogens is 430 g/mol. The van der Waals surface area contributed by atoms with Crippen LogP contribution in [0.15, 0.2) is 77.9 Å². The molecule has 0 atom stereocenters. The molecule has 0 aliphatic carbocycles. The van der Waals surface area contributed by atoms with Gasteiger partial charge in [0.2, 0.25) is 0 Å². The number of carbonyl (C=O) groups excluding carboxylic acids is 2. The second-order valence-corrected chi connectivity index (χ2v) is 6.50. The van der Waals surface area contributed by atoms with E-state index in [1.54, 1.807) is 48.5 Å². The van der Waals surface area contributed by atoms with E-state index in [1.165, 1.54) is 37.6 Å². The van der Waals surface area contributed by atoms with Crippen LogP contribution in [-0.2, 0) is 4.79 Å². The first-order valence-electron chi connectivity index (χ1n) is 9.60. The number of amides is 1. The Labute approximate surface area is 188 Å². The summed E-state index contributed by atoms with van der Waals surface area (Å²) < 4.78 is 15.9. The van der Waals surface area contributed by atoms with Crippen molar-refractivity contribution in [3.8, 4) is 17.2 Å². The van der Waals surface area contributed by atoms with Gasteiger partial charge in [-0.3, -0.25) is 14.9 Å². The van der Waals surface area contributed by atoms with Gasteiger partial charge in [-0.25, -0.2) is 10.2 Å². The van der Waals surface area contributed by atoms with E-state index in [-0.39, 0.29) is 18.0 Å². The van der Waals surface area contributed by atoms with Crippen LogP contribution in [0, 0.1) is 10.1 Å². The smallest absolute Gasteiger partial charge is 0.343 e. The highest BCUT2D eigenvalue weighted by molar-refractivity contribution is 5.91. The standard InChI is InChI=1S/C23H19N3O7/c1-31-21-13-16(7-12-20(21)33-23(28)17-5-3-2-4-6-17)14-24-25-22(27)15-32-19-10-8-18(9-11-19)26(29)30/h2-14H,15H2,1H3,(H,25,27)/b24-14+. The summed E-state index contributed by atoms with van der Waals surface area (Å²) in [7, 11) is 1.44. The van der Waals surface area contributed by atoms with Crippen molar-refractivity contribution < 1.29 is 28.7 Å². The summed E-state index contributed by atoms with van der Waals surface area (Å²) in [6.45, 7) is -0.327. The average Bonchev–Trinajstić information content (AvgIpc) is 2.84. The molecule has 0 bridgehead atoms. The summed E-state index contributed by atoms with van der Waals surface area (Å²) in [6.07, 6.45) is 1.38. The summed E-state index contributed by atoms with van der Waals surface area (Å²) >= 11 is 0. The largest absolute Gasteiger partial charge is 0.493 e. The number of nitrogens with one attached hydrogen (secondary N) is 1. The summed E-state index contributed by atoms with van der Waals surface area (Å²) in [5.74, 6) is -0.175. The number of ether oxygens (including phenoxy) is 3. The quantitative estimate of drug-likeness (QED) is 0.174. The normalized spacial score (nSPS) is 10.5. The molecule has 0 unspecified atom stereocenters. The third kappa shape index (κ3) is 6.62. The summed E-state index contributed by atoms with van der Waals surface area (Å²) in [4.78, 5) is 34.2. The zero-order chi connectivity index (χ0) is 23.6. The molecule has 0 radical (unpaired) electrons. The van der Waals surface area contributed by atoms with Gasteiger partial charge in [-0.1, -0.05) is 18.2 Å². The van der Waals surface area contributed by atoms with Crippen molar-refractivity contribution in [2.45, 2.75) is 0 Å². The fourth-order valence-corrected chi connectivity index (χ4v) is 2.61. The highest BCUT2D eigenvalue weighted by Crippen LogP contribution is 2.28. The molecule has 0 aliphatic rings. The van der Waals surface area contributed by atoms with Gasteiger partial charge in [0, 0.05) is 12.1 Å². The maximum absolute atomic E-state index is 12.2. The molecule has 10 nitrogen and oxygen atoms in total. The maximum atomic E-state index is 12.2. The highest BCUT2D eigenvalue weighted by Gasteiger charge is 2.12. The lowest BCUT2D eigenvalue weighted by Gasteiger charge is -2.10. The van der Waals surface area contributed by atoms with E-state index in [9.17, 15) is 19.7 Å². The van der Waals surface area contributed by atoms with Crippen LogP contribution in [0.5, 0.6) is 17.2 Å². The van der Waals surface area contributed by atoms with Gasteiger partial charge in [-0.05, 0) is 48.0 Å². The molecule has 3 rings (SSSR count). The van der Waals surface area contributed by atoms with Crippen molar-refractivity contribution in [2.24, 2.45) is 5.10 Å². The first kappa shape index (κ1) is 22.9. The highest BCUT2D eigenvalue weighted by atomic mass is 16.6. The van der Waals surface area contributed by atoms with Crippen LogP contribution in [0.4, 0.5) is 5.69 Å². The van der Waals surface area contributed by atoms with E-state index in [1.807, 2.05) is 0 Å². The summed E-state index contributed by atoms with van der Waals surface area (Å²) in [5, 5.41) is 14.5. The number of esters is 1. The predicted molar refractivity (Wildman–Crippen MR) is 119 cm³/mol. The number of nitro benzene ring substituents is 1. The lowest BCUT2D eigenvalue weighted by atomic mass is 10.2. The van der Waals surface area contributed by atoms with Crippen LogP contribution in [-0.4, -0.2) is 36.7 Å². The number of nitro groups is 1. The molecule has 3 aromatic rings. The van der Waals surface area contributed by atoms with Crippen molar-refractivity contribution in [3.63, 3.8) is 0 Å². The molecule has 33 heavy (non-hydrogen) atoms. The maximum Gasteiger partial charge on any atom is 0.343 e. The van der Waals surface area contributed by atoms with E-state index in [0.717, 1.165) is 0 Å². The Morgan fingerprint density at radius 1 is 1.03 bits per heavy atom. The molecule has 168 valence electrons. The Kier molecular flexibility index (Phi) is 7.68. The van der Waals surface area contributed by atoms with E-state index in [0.29, 0.717) is 22.6 Å². The number of hydrazone groups is 1. The summed E-state index contributed by atoms with van der Waals surface area (Å²) in [6, 6.07) is 18.7. The summed E-state index contributed by atoms with van der Waals surface area (Å²) in [5.41, 5.74) is 3.22. The molecule has 0 spiro atoms. The fraction of sp³-hybridized carbons (Fsp3) is 0.0870. The van der Waals surface area contributed by atoms with Crippen LogP contribution in [0.3, 0.4) is 0 Å². The van der Waals surface area contributed by atoms with Crippen LogP contribution >= 0.6 is 0 Å². The number of nitrogens with zero attached hydrogens (tertiary/aromatic N) is 2. The van der Waals surface area contributed by atoms with E-state index in [2.05, 4.69) is 10.5 Å². The van der Waals surface area contributed by atoms with Crippen LogP contribution in [0.2, 0.25) is 0 Å². The SMILES string of the molecule is COc1cc(/C=N/NC(=O)COc2ccc([N+](=O)[O-])cc2)ccc1OC(=O)c1ccccc1. The molecule has 0 saturated heterocycles. The number of hydrogen-bond acceptors (Lipinski definition) is 8. The monoisotopic (exact) mass is 449 g/mol. The number of benzene rings is 3. The number of hydrogen-bond donors (Lipinski definition) is 1. The Morgan fingerprint density at radius 2 is 1.76 bits per heavy atom. The zero-order valence-corrected chi connectivity index (χ0v) is 17.5. The van der Waals surface area contributed by atoms with Gasteiger partial charge in [-0.15, -0.1) is 0 Å². The van der Waals surface area contributed by atoms with Gasteiger partial charge < -0.3 is 14.2 Å². The van der Waals surface area contributed by atoms with Crippen LogP contribution in [0.25, 0.3) is 0 Å².